The predicted octanol–water partition coefficient (Wildman–Crippen LogP) is 2.85. The first-order valence-corrected chi connectivity index (χ1v) is 5.81. The Bertz CT molecular complexity index is 568. The molecule has 1 N–H and O–H groups in total. The summed E-state index contributed by atoms with van der Waals surface area (Å²) in [6, 6.07) is 7.58. The van der Waals surface area contributed by atoms with Gasteiger partial charge in [-0.15, -0.1) is 0 Å². The maximum atomic E-state index is 8.54. The Balaban J connectivity index is 2.47. The number of para-hydroxylation sites is 1. The molecule has 16 heavy (non-hydrogen) atoms. The van der Waals surface area contributed by atoms with Crippen LogP contribution in [0.15, 0.2) is 39.9 Å². The summed E-state index contributed by atoms with van der Waals surface area (Å²) < 4.78 is 5.35. The second-order valence-corrected chi connectivity index (χ2v) is 3.77. The van der Waals surface area contributed by atoms with E-state index < -0.39 is 0 Å². The molecule has 0 fully saturated rings. The molecule has 0 aliphatic rings. The van der Waals surface area contributed by atoms with Crippen LogP contribution in [0.3, 0.4) is 0 Å². The Kier molecular flexibility index (Phi) is 3.13. The number of furan rings is 1. The third-order valence-electron chi connectivity index (χ3n) is 2.04. The van der Waals surface area contributed by atoms with E-state index in [1.165, 1.54) is 11.8 Å². The van der Waals surface area contributed by atoms with Gasteiger partial charge in [0, 0.05) is 5.39 Å². The minimum atomic E-state index is 0.548. The van der Waals surface area contributed by atoms with Crippen LogP contribution in [0, 0.1) is 11.5 Å². The topological polar surface area (TPSA) is 61.3 Å². The third-order valence-corrected chi connectivity index (χ3v) is 2.62. The number of nitriles is 1. The number of nitrogens with zero attached hydrogens (tertiary/aromatic N) is 2. The lowest BCUT2D eigenvalue weighted by molar-refractivity contribution is 0.616. The van der Waals surface area contributed by atoms with E-state index in [0.29, 0.717) is 5.17 Å². The molecule has 0 spiro atoms. The van der Waals surface area contributed by atoms with Crippen molar-refractivity contribution in [3.05, 3.63) is 30.5 Å². The third kappa shape index (κ3) is 2.02. The molecule has 1 aromatic carbocycles. The van der Waals surface area contributed by atoms with Crippen molar-refractivity contribution in [2.75, 3.05) is 6.26 Å². The molecule has 0 saturated heterocycles. The quantitative estimate of drug-likeness (QED) is 0.355. The van der Waals surface area contributed by atoms with Gasteiger partial charge in [0.2, 0.25) is 0 Å². The van der Waals surface area contributed by atoms with E-state index in [1.54, 1.807) is 6.26 Å². The number of nitrogens with one attached hydrogen (secondary N) is 1. The van der Waals surface area contributed by atoms with Crippen LogP contribution >= 0.6 is 11.8 Å². The molecule has 1 heterocycles. The molecule has 1 aromatic heterocycles. The summed E-state index contributed by atoms with van der Waals surface area (Å²) in [6.45, 7) is 0. The lowest BCUT2D eigenvalue weighted by Gasteiger charge is -2.00. The number of rotatable bonds is 1. The van der Waals surface area contributed by atoms with Crippen LogP contribution < -0.4 is 5.32 Å². The Morgan fingerprint density at radius 3 is 3.12 bits per heavy atom. The zero-order chi connectivity index (χ0) is 11.4. The summed E-state index contributed by atoms with van der Waals surface area (Å²) in [5.41, 5.74) is 1.45. The molecular weight excluding hydrogens is 222 g/mol. The summed E-state index contributed by atoms with van der Waals surface area (Å²) in [7, 11) is 0. The highest BCUT2D eigenvalue weighted by Crippen LogP contribution is 2.27. The van der Waals surface area contributed by atoms with E-state index in [1.807, 2.05) is 36.7 Å². The highest BCUT2D eigenvalue weighted by atomic mass is 32.2. The fraction of sp³-hybridized carbons (Fsp3) is 0.0909. The van der Waals surface area contributed by atoms with Gasteiger partial charge < -0.3 is 4.42 Å². The maximum absolute atomic E-state index is 8.54. The van der Waals surface area contributed by atoms with Crippen LogP contribution in [0.4, 0.5) is 5.69 Å². The van der Waals surface area contributed by atoms with E-state index >= 15 is 0 Å². The van der Waals surface area contributed by atoms with Crippen LogP contribution in [0.2, 0.25) is 0 Å². The minimum Gasteiger partial charge on any atom is -0.462 e. The molecule has 5 heteroatoms. The predicted molar refractivity (Wildman–Crippen MR) is 65.6 cm³/mol. The zero-order valence-corrected chi connectivity index (χ0v) is 9.41. The highest BCUT2D eigenvalue weighted by molar-refractivity contribution is 8.13. The van der Waals surface area contributed by atoms with Crippen LogP contribution in [0.25, 0.3) is 11.0 Å². The number of aliphatic imine (C=N–C) groups is 1. The van der Waals surface area contributed by atoms with Gasteiger partial charge in [0.25, 0.3) is 0 Å². The normalized spacial score (nSPS) is 11.4. The number of thioether (sulfide) groups is 1. The molecule has 0 unspecified atom stereocenters. The number of amidine groups is 1. The SMILES string of the molecule is CSC(=Nc1cccc2ccoc12)NC#N. The Morgan fingerprint density at radius 1 is 1.50 bits per heavy atom. The van der Waals surface area contributed by atoms with Gasteiger partial charge in [-0.25, -0.2) is 4.99 Å². The van der Waals surface area contributed by atoms with Gasteiger partial charge >= 0.3 is 0 Å². The minimum absolute atomic E-state index is 0.548. The van der Waals surface area contributed by atoms with Crippen molar-refractivity contribution < 1.29 is 4.42 Å². The van der Waals surface area contributed by atoms with Crippen molar-refractivity contribution in [3.8, 4) is 6.19 Å². The van der Waals surface area contributed by atoms with Gasteiger partial charge in [-0.2, -0.15) is 5.26 Å². The van der Waals surface area contributed by atoms with Gasteiger partial charge in [-0.05, 0) is 18.4 Å². The highest BCUT2D eigenvalue weighted by Gasteiger charge is 2.04. The molecular formula is C11H9N3OS. The van der Waals surface area contributed by atoms with Crippen molar-refractivity contribution in [2.24, 2.45) is 4.99 Å². The smallest absolute Gasteiger partial charge is 0.183 e. The van der Waals surface area contributed by atoms with E-state index in [2.05, 4.69) is 10.3 Å². The first kappa shape index (κ1) is 10.6. The molecule has 4 nitrogen and oxygen atoms in total. The second-order valence-electron chi connectivity index (χ2n) is 2.97. The van der Waals surface area contributed by atoms with E-state index in [9.17, 15) is 0 Å². The largest absolute Gasteiger partial charge is 0.462 e. The van der Waals surface area contributed by atoms with Gasteiger partial charge in [-0.3, -0.25) is 5.32 Å². The van der Waals surface area contributed by atoms with Crippen LogP contribution in [-0.2, 0) is 0 Å². The standard InChI is InChI=1S/C11H9N3OS/c1-16-11(13-7-12)14-9-4-2-3-8-5-6-15-10(8)9/h2-6H,1H3,(H,13,14). The molecule has 0 aliphatic heterocycles. The van der Waals surface area contributed by atoms with Crippen molar-refractivity contribution in [1.29, 1.82) is 5.26 Å². The van der Waals surface area contributed by atoms with E-state index in [-0.39, 0.29) is 0 Å². The summed E-state index contributed by atoms with van der Waals surface area (Å²) in [5.74, 6) is 0. The summed E-state index contributed by atoms with van der Waals surface area (Å²) in [5, 5.41) is 12.6. The monoisotopic (exact) mass is 231 g/mol. The zero-order valence-electron chi connectivity index (χ0n) is 8.60. The number of hydrogen-bond donors (Lipinski definition) is 1. The molecule has 0 amide bonds. The fourth-order valence-corrected chi connectivity index (χ4v) is 1.68. The molecule has 0 aliphatic carbocycles. The Morgan fingerprint density at radius 2 is 2.38 bits per heavy atom. The summed E-state index contributed by atoms with van der Waals surface area (Å²) in [6.07, 6.45) is 5.33. The van der Waals surface area contributed by atoms with Crippen molar-refractivity contribution in [1.82, 2.24) is 5.32 Å². The van der Waals surface area contributed by atoms with Gasteiger partial charge in [0.1, 0.15) is 5.69 Å². The molecule has 0 saturated carbocycles. The van der Waals surface area contributed by atoms with Crippen molar-refractivity contribution >= 4 is 33.6 Å². The van der Waals surface area contributed by atoms with Gasteiger partial charge in [0.05, 0.1) is 6.26 Å². The van der Waals surface area contributed by atoms with Crippen molar-refractivity contribution in [3.63, 3.8) is 0 Å². The number of benzene rings is 1. The molecule has 0 radical (unpaired) electrons. The van der Waals surface area contributed by atoms with Crippen LogP contribution in [-0.4, -0.2) is 11.4 Å². The van der Waals surface area contributed by atoms with Gasteiger partial charge in [-0.1, -0.05) is 23.9 Å². The van der Waals surface area contributed by atoms with E-state index in [0.717, 1.165) is 16.7 Å². The summed E-state index contributed by atoms with van der Waals surface area (Å²) >= 11 is 1.38. The fourth-order valence-electron chi connectivity index (χ4n) is 1.35. The van der Waals surface area contributed by atoms with E-state index in [4.69, 9.17) is 9.68 Å². The lowest BCUT2D eigenvalue weighted by atomic mass is 10.2. The first-order valence-electron chi connectivity index (χ1n) is 4.59. The lowest BCUT2D eigenvalue weighted by Crippen LogP contribution is -2.12. The Labute approximate surface area is 97.0 Å². The van der Waals surface area contributed by atoms with Crippen LogP contribution in [0.1, 0.15) is 0 Å². The van der Waals surface area contributed by atoms with Crippen molar-refractivity contribution in [2.45, 2.75) is 0 Å². The number of fused-ring (bicyclic) bond motifs is 1. The molecule has 0 bridgehead atoms. The average molecular weight is 231 g/mol. The molecule has 0 atom stereocenters. The first-order chi connectivity index (χ1) is 7.85. The van der Waals surface area contributed by atoms with Crippen LogP contribution in [0.5, 0.6) is 0 Å². The maximum Gasteiger partial charge on any atom is 0.183 e. The second kappa shape index (κ2) is 4.73. The molecule has 2 rings (SSSR count). The summed E-state index contributed by atoms with van der Waals surface area (Å²) in [4.78, 5) is 4.32. The number of hydrogen-bond acceptors (Lipinski definition) is 4. The Hall–Kier alpha value is -1.93. The van der Waals surface area contributed by atoms with Gasteiger partial charge in [0.15, 0.2) is 16.9 Å². The average Bonchev–Trinajstić information content (AvgIpc) is 2.77. The molecule has 2 aromatic rings. The molecule has 80 valence electrons.